The van der Waals surface area contributed by atoms with Gasteiger partial charge in [0.05, 0.1) is 5.56 Å². The molecular weight excluding hydrogens is 249 g/mol. The van der Waals surface area contributed by atoms with Crippen LogP contribution in [0.1, 0.15) is 16.8 Å². The Morgan fingerprint density at radius 2 is 2.11 bits per heavy atom. The third kappa shape index (κ3) is 2.83. The van der Waals surface area contributed by atoms with Crippen molar-refractivity contribution in [1.29, 1.82) is 0 Å². The maximum atomic E-state index is 13.7. The average molecular weight is 265 g/mol. The van der Waals surface area contributed by atoms with Crippen LogP contribution in [0.15, 0.2) is 18.2 Å². The standard InChI is InChI=1S/C13H16FN3O2/c1-16-5-2-6-17(8-12(16)18)13(19)10-7-9(15)3-4-11(10)14/h3-4,7H,2,5-6,8,15H2,1H3. The Kier molecular flexibility index (Phi) is 3.69. The third-order valence-corrected chi connectivity index (χ3v) is 3.18. The highest BCUT2D eigenvalue weighted by atomic mass is 19.1. The first-order valence-electron chi connectivity index (χ1n) is 6.07. The summed E-state index contributed by atoms with van der Waals surface area (Å²) in [5, 5.41) is 0. The van der Waals surface area contributed by atoms with Crippen LogP contribution < -0.4 is 5.73 Å². The van der Waals surface area contributed by atoms with Gasteiger partial charge in [-0.3, -0.25) is 9.59 Å². The smallest absolute Gasteiger partial charge is 0.257 e. The molecule has 1 heterocycles. The number of amides is 2. The molecule has 2 N–H and O–H groups in total. The SMILES string of the molecule is CN1CCCN(C(=O)c2cc(N)ccc2F)CC1=O. The maximum Gasteiger partial charge on any atom is 0.257 e. The molecule has 0 atom stereocenters. The van der Waals surface area contributed by atoms with E-state index in [-0.39, 0.29) is 18.0 Å². The quantitative estimate of drug-likeness (QED) is 0.761. The molecule has 1 aromatic carbocycles. The van der Waals surface area contributed by atoms with Gasteiger partial charge in [-0.2, -0.15) is 0 Å². The molecule has 0 aliphatic carbocycles. The first-order chi connectivity index (χ1) is 8.99. The van der Waals surface area contributed by atoms with E-state index in [1.807, 2.05) is 0 Å². The minimum atomic E-state index is -0.621. The summed E-state index contributed by atoms with van der Waals surface area (Å²) in [7, 11) is 1.69. The number of rotatable bonds is 1. The molecule has 1 aromatic rings. The summed E-state index contributed by atoms with van der Waals surface area (Å²) in [5.74, 6) is -1.26. The van der Waals surface area contributed by atoms with E-state index in [0.29, 0.717) is 25.2 Å². The van der Waals surface area contributed by atoms with E-state index in [1.165, 1.54) is 17.0 Å². The topological polar surface area (TPSA) is 66.6 Å². The van der Waals surface area contributed by atoms with Crippen LogP contribution in [0.5, 0.6) is 0 Å². The fourth-order valence-electron chi connectivity index (χ4n) is 2.04. The number of likely N-dealkylation sites (N-methyl/N-ethyl adjacent to an activating group) is 1. The number of nitrogens with two attached hydrogens (primary N) is 1. The van der Waals surface area contributed by atoms with Crippen molar-refractivity contribution in [3.8, 4) is 0 Å². The maximum absolute atomic E-state index is 13.7. The second kappa shape index (κ2) is 5.26. The second-order valence-corrected chi connectivity index (χ2v) is 4.63. The number of carbonyl (C=O) groups excluding carboxylic acids is 2. The molecule has 0 saturated carbocycles. The van der Waals surface area contributed by atoms with E-state index in [2.05, 4.69) is 0 Å². The number of hydrogen-bond donors (Lipinski definition) is 1. The van der Waals surface area contributed by atoms with E-state index in [0.717, 1.165) is 6.07 Å². The molecule has 2 amide bonds. The van der Waals surface area contributed by atoms with Crippen molar-refractivity contribution in [3.05, 3.63) is 29.6 Å². The molecule has 1 fully saturated rings. The fraction of sp³-hybridized carbons (Fsp3) is 0.385. The lowest BCUT2D eigenvalue weighted by atomic mass is 10.1. The molecule has 19 heavy (non-hydrogen) atoms. The summed E-state index contributed by atoms with van der Waals surface area (Å²) in [6.45, 7) is 1.01. The summed E-state index contributed by atoms with van der Waals surface area (Å²) in [4.78, 5) is 26.9. The minimum Gasteiger partial charge on any atom is -0.399 e. The Bertz CT molecular complexity index is 519. The first-order valence-corrected chi connectivity index (χ1v) is 6.07. The zero-order valence-electron chi connectivity index (χ0n) is 10.7. The van der Waals surface area contributed by atoms with Gasteiger partial charge in [-0.25, -0.2) is 4.39 Å². The van der Waals surface area contributed by atoms with Gasteiger partial charge in [-0.05, 0) is 24.6 Å². The molecule has 102 valence electrons. The molecule has 0 unspecified atom stereocenters. The van der Waals surface area contributed by atoms with Crippen molar-refractivity contribution < 1.29 is 14.0 Å². The van der Waals surface area contributed by atoms with Gasteiger partial charge in [-0.15, -0.1) is 0 Å². The number of halogens is 1. The number of nitrogens with zero attached hydrogens (tertiary/aromatic N) is 2. The monoisotopic (exact) mass is 265 g/mol. The number of benzene rings is 1. The molecular formula is C13H16FN3O2. The van der Waals surface area contributed by atoms with Crippen LogP contribution in [0.3, 0.4) is 0 Å². The molecule has 5 nitrogen and oxygen atoms in total. The summed E-state index contributed by atoms with van der Waals surface area (Å²) >= 11 is 0. The lowest BCUT2D eigenvalue weighted by Gasteiger charge is -2.20. The van der Waals surface area contributed by atoms with Crippen molar-refractivity contribution in [2.75, 3.05) is 32.4 Å². The van der Waals surface area contributed by atoms with Gasteiger partial charge in [0, 0.05) is 25.8 Å². The van der Waals surface area contributed by atoms with E-state index in [4.69, 9.17) is 5.73 Å². The highest BCUT2D eigenvalue weighted by molar-refractivity contribution is 5.97. The number of carbonyl (C=O) groups is 2. The summed E-state index contributed by atoms with van der Waals surface area (Å²) in [5.41, 5.74) is 5.80. The van der Waals surface area contributed by atoms with Crippen molar-refractivity contribution in [3.63, 3.8) is 0 Å². The molecule has 6 heteroatoms. The largest absolute Gasteiger partial charge is 0.399 e. The zero-order chi connectivity index (χ0) is 14.0. The highest BCUT2D eigenvalue weighted by Gasteiger charge is 2.25. The van der Waals surface area contributed by atoms with Gasteiger partial charge >= 0.3 is 0 Å². The van der Waals surface area contributed by atoms with Crippen LogP contribution >= 0.6 is 0 Å². The molecule has 0 radical (unpaired) electrons. The van der Waals surface area contributed by atoms with E-state index in [1.54, 1.807) is 11.9 Å². The van der Waals surface area contributed by atoms with Crippen LogP contribution in [-0.4, -0.2) is 48.3 Å². The molecule has 1 saturated heterocycles. The van der Waals surface area contributed by atoms with E-state index in [9.17, 15) is 14.0 Å². The van der Waals surface area contributed by atoms with Gasteiger partial charge < -0.3 is 15.5 Å². The van der Waals surface area contributed by atoms with E-state index < -0.39 is 11.7 Å². The summed E-state index contributed by atoms with van der Waals surface area (Å²) < 4.78 is 13.7. The number of anilines is 1. The summed E-state index contributed by atoms with van der Waals surface area (Å²) in [6, 6.07) is 3.86. The molecule has 0 bridgehead atoms. The zero-order valence-corrected chi connectivity index (χ0v) is 10.7. The lowest BCUT2D eigenvalue weighted by molar-refractivity contribution is -0.129. The summed E-state index contributed by atoms with van der Waals surface area (Å²) in [6.07, 6.45) is 0.678. The number of hydrogen-bond acceptors (Lipinski definition) is 3. The Hall–Kier alpha value is -2.11. The average Bonchev–Trinajstić information content (AvgIpc) is 2.54. The Morgan fingerprint density at radius 1 is 1.37 bits per heavy atom. The van der Waals surface area contributed by atoms with Crippen molar-refractivity contribution in [1.82, 2.24) is 9.80 Å². The predicted molar refractivity (Wildman–Crippen MR) is 69.0 cm³/mol. The Balaban J connectivity index is 2.23. The fourth-order valence-corrected chi connectivity index (χ4v) is 2.04. The lowest BCUT2D eigenvalue weighted by Crippen LogP contribution is -2.38. The van der Waals surface area contributed by atoms with Crippen molar-refractivity contribution >= 4 is 17.5 Å². The van der Waals surface area contributed by atoms with Crippen LogP contribution in [0.25, 0.3) is 0 Å². The number of nitrogen functional groups attached to an aromatic ring is 1. The van der Waals surface area contributed by atoms with Crippen molar-refractivity contribution in [2.24, 2.45) is 0 Å². The van der Waals surface area contributed by atoms with Gasteiger partial charge in [0.15, 0.2) is 0 Å². The van der Waals surface area contributed by atoms with Crippen LogP contribution in [0.2, 0.25) is 0 Å². The van der Waals surface area contributed by atoms with Gasteiger partial charge in [0.2, 0.25) is 5.91 Å². The molecule has 0 spiro atoms. The van der Waals surface area contributed by atoms with Crippen LogP contribution in [0.4, 0.5) is 10.1 Å². The molecule has 0 aromatic heterocycles. The van der Waals surface area contributed by atoms with Gasteiger partial charge in [0.25, 0.3) is 5.91 Å². The third-order valence-electron chi connectivity index (χ3n) is 3.18. The minimum absolute atomic E-state index is 0.0242. The van der Waals surface area contributed by atoms with E-state index >= 15 is 0 Å². The van der Waals surface area contributed by atoms with Crippen LogP contribution in [-0.2, 0) is 4.79 Å². The van der Waals surface area contributed by atoms with Crippen molar-refractivity contribution in [2.45, 2.75) is 6.42 Å². The first kappa shape index (κ1) is 13.3. The molecule has 1 aliphatic heterocycles. The van der Waals surface area contributed by atoms with Gasteiger partial charge in [0.1, 0.15) is 12.4 Å². The molecule has 2 rings (SSSR count). The van der Waals surface area contributed by atoms with Gasteiger partial charge in [-0.1, -0.05) is 0 Å². The predicted octanol–water partition coefficient (Wildman–Crippen LogP) is 0.712. The highest BCUT2D eigenvalue weighted by Crippen LogP contribution is 2.16. The Labute approximate surface area is 110 Å². The second-order valence-electron chi connectivity index (χ2n) is 4.63. The van der Waals surface area contributed by atoms with Crippen LogP contribution in [0, 0.1) is 5.82 Å². The Morgan fingerprint density at radius 3 is 2.84 bits per heavy atom. The molecule has 1 aliphatic rings. The normalized spacial score (nSPS) is 16.4.